The summed E-state index contributed by atoms with van der Waals surface area (Å²) in [6, 6.07) is 74.3. The van der Waals surface area contributed by atoms with Gasteiger partial charge in [0.05, 0.1) is 0 Å². The van der Waals surface area contributed by atoms with Gasteiger partial charge in [-0.15, -0.1) is 0 Å². The third kappa shape index (κ3) is 5.68. The molecule has 2 aliphatic rings. The zero-order valence-electron chi connectivity index (χ0n) is 34.0. The molecule has 0 saturated carbocycles. The number of hydrogen-bond acceptors (Lipinski definition) is 1. The van der Waals surface area contributed by atoms with Gasteiger partial charge in [0.2, 0.25) is 0 Å². The van der Waals surface area contributed by atoms with Crippen molar-refractivity contribution in [2.24, 2.45) is 0 Å². The van der Waals surface area contributed by atoms with Crippen molar-refractivity contribution < 1.29 is 0 Å². The van der Waals surface area contributed by atoms with Gasteiger partial charge < -0.3 is 4.90 Å². The van der Waals surface area contributed by atoms with Crippen molar-refractivity contribution in [3.05, 3.63) is 222 Å². The average Bonchev–Trinajstić information content (AvgIpc) is 3.65. The average molecular weight is 756 g/mol. The van der Waals surface area contributed by atoms with Crippen molar-refractivity contribution in [3.8, 4) is 55.6 Å². The third-order valence-electron chi connectivity index (χ3n) is 13.3. The third-order valence-corrected chi connectivity index (χ3v) is 13.3. The number of benzene rings is 9. The van der Waals surface area contributed by atoms with Crippen LogP contribution in [0.3, 0.4) is 0 Å². The first-order chi connectivity index (χ1) is 28.7. The molecule has 0 aliphatic heterocycles. The van der Waals surface area contributed by atoms with E-state index in [4.69, 9.17) is 0 Å². The lowest BCUT2D eigenvalue weighted by atomic mass is 9.81. The maximum absolute atomic E-state index is 2.44. The van der Waals surface area contributed by atoms with Crippen molar-refractivity contribution in [1.29, 1.82) is 0 Å². The topological polar surface area (TPSA) is 3.24 Å². The van der Waals surface area contributed by atoms with Crippen molar-refractivity contribution in [1.82, 2.24) is 0 Å². The molecule has 0 unspecified atom stereocenters. The monoisotopic (exact) mass is 755 g/mol. The van der Waals surface area contributed by atoms with E-state index in [2.05, 4.69) is 233 Å². The Morgan fingerprint density at radius 2 is 0.678 bits per heavy atom. The molecule has 11 rings (SSSR count). The van der Waals surface area contributed by atoms with Crippen LogP contribution < -0.4 is 4.90 Å². The largest absolute Gasteiger partial charge is 0.310 e. The minimum atomic E-state index is -0.180. The second-order valence-corrected chi connectivity index (χ2v) is 17.4. The molecule has 282 valence electrons. The molecule has 0 N–H and O–H groups in total. The van der Waals surface area contributed by atoms with E-state index in [9.17, 15) is 0 Å². The molecule has 0 atom stereocenters. The number of hydrogen-bond donors (Lipinski definition) is 0. The van der Waals surface area contributed by atoms with E-state index in [0.29, 0.717) is 0 Å². The van der Waals surface area contributed by atoms with Crippen LogP contribution in [0.4, 0.5) is 17.1 Å². The summed E-state index contributed by atoms with van der Waals surface area (Å²) in [5.74, 6) is 0. The maximum Gasteiger partial charge on any atom is 0.0468 e. The van der Waals surface area contributed by atoms with Gasteiger partial charge in [-0.3, -0.25) is 0 Å². The molecule has 0 amide bonds. The van der Waals surface area contributed by atoms with Gasteiger partial charge in [-0.2, -0.15) is 0 Å². The molecule has 9 aromatic carbocycles. The van der Waals surface area contributed by atoms with Crippen LogP contribution in [0.15, 0.2) is 200 Å². The first-order valence-electron chi connectivity index (χ1n) is 20.8. The van der Waals surface area contributed by atoms with Crippen LogP contribution in [0.1, 0.15) is 49.9 Å². The molecule has 1 heteroatoms. The van der Waals surface area contributed by atoms with E-state index in [-0.39, 0.29) is 10.8 Å². The Morgan fingerprint density at radius 1 is 0.271 bits per heavy atom. The van der Waals surface area contributed by atoms with Gasteiger partial charge in [-0.1, -0.05) is 179 Å². The minimum Gasteiger partial charge on any atom is -0.310 e. The highest BCUT2D eigenvalue weighted by Gasteiger charge is 2.37. The van der Waals surface area contributed by atoms with Crippen LogP contribution in [-0.2, 0) is 10.8 Å². The summed E-state index contributed by atoms with van der Waals surface area (Å²) in [5, 5.41) is 2.47. The second kappa shape index (κ2) is 13.3. The fourth-order valence-corrected chi connectivity index (χ4v) is 9.98. The van der Waals surface area contributed by atoms with Gasteiger partial charge in [0.15, 0.2) is 0 Å². The minimum absolute atomic E-state index is 0.0362. The Balaban J connectivity index is 0.962. The van der Waals surface area contributed by atoms with Gasteiger partial charge in [0, 0.05) is 27.9 Å². The molecule has 2 aliphatic carbocycles. The fraction of sp³-hybridized carbons (Fsp3) is 0.103. The van der Waals surface area contributed by atoms with Gasteiger partial charge in [-0.05, 0) is 137 Å². The highest BCUT2D eigenvalue weighted by Crippen LogP contribution is 2.53. The molecule has 0 radical (unpaired) electrons. The molecular weight excluding hydrogens is 711 g/mol. The summed E-state index contributed by atoms with van der Waals surface area (Å²) in [6.07, 6.45) is 0. The molecule has 59 heavy (non-hydrogen) atoms. The predicted molar refractivity (Wildman–Crippen MR) is 250 cm³/mol. The number of rotatable bonds is 6. The van der Waals surface area contributed by atoms with Crippen LogP contribution >= 0.6 is 0 Å². The van der Waals surface area contributed by atoms with Crippen LogP contribution in [0.5, 0.6) is 0 Å². The van der Waals surface area contributed by atoms with Gasteiger partial charge in [0.25, 0.3) is 0 Å². The summed E-state index contributed by atoms with van der Waals surface area (Å²) in [7, 11) is 0. The van der Waals surface area contributed by atoms with E-state index in [1.807, 2.05) is 0 Å². The Labute approximate surface area is 347 Å². The van der Waals surface area contributed by atoms with E-state index in [1.54, 1.807) is 0 Å². The van der Waals surface area contributed by atoms with E-state index in [1.165, 1.54) is 88.7 Å². The lowest BCUT2D eigenvalue weighted by molar-refractivity contribution is 0.660. The van der Waals surface area contributed by atoms with E-state index in [0.717, 1.165) is 17.1 Å². The first kappa shape index (κ1) is 35.2. The lowest BCUT2D eigenvalue weighted by Crippen LogP contribution is -2.16. The smallest absolute Gasteiger partial charge is 0.0468 e. The summed E-state index contributed by atoms with van der Waals surface area (Å²) < 4.78 is 0. The molecule has 0 spiro atoms. The summed E-state index contributed by atoms with van der Waals surface area (Å²) >= 11 is 0. The molecule has 0 saturated heterocycles. The normalized spacial score (nSPS) is 14.0. The Bertz CT molecular complexity index is 3080. The van der Waals surface area contributed by atoms with Crippen LogP contribution in [-0.4, -0.2) is 0 Å². The molecule has 9 aromatic rings. The number of anilines is 3. The Kier molecular flexibility index (Phi) is 7.94. The van der Waals surface area contributed by atoms with Crippen molar-refractivity contribution >= 4 is 27.8 Å². The van der Waals surface area contributed by atoms with Gasteiger partial charge in [0.1, 0.15) is 0 Å². The van der Waals surface area contributed by atoms with E-state index >= 15 is 0 Å². The summed E-state index contributed by atoms with van der Waals surface area (Å²) in [4.78, 5) is 2.43. The zero-order chi connectivity index (χ0) is 39.9. The van der Waals surface area contributed by atoms with Gasteiger partial charge >= 0.3 is 0 Å². The standard InChI is InChI=1S/C58H45N/c1-57(2)53-17-11-10-16-49(53)50-31-25-45(35-54(50)57)42-22-27-46(28-23-42)59(47-29-24-39-14-8-9-15-43(39)34-47)48-30-33-52-51-32-26-44(36-55(51)58(3,4)56(52)37-48)41-20-18-40(19-21-41)38-12-6-5-7-13-38/h5-37H,1-4H3. The number of nitrogens with zero attached hydrogens (tertiary/aromatic N) is 1. The molecule has 0 bridgehead atoms. The molecule has 0 fully saturated rings. The molecule has 0 aromatic heterocycles. The Hall–Kier alpha value is -6.96. The van der Waals surface area contributed by atoms with Gasteiger partial charge in [-0.25, -0.2) is 0 Å². The van der Waals surface area contributed by atoms with Crippen molar-refractivity contribution in [2.75, 3.05) is 4.90 Å². The van der Waals surface area contributed by atoms with Crippen LogP contribution in [0.25, 0.3) is 66.4 Å². The predicted octanol–water partition coefficient (Wildman–Crippen LogP) is 15.9. The molecule has 0 heterocycles. The molecular formula is C58H45N. The second-order valence-electron chi connectivity index (χ2n) is 17.4. The Morgan fingerprint density at radius 3 is 1.34 bits per heavy atom. The van der Waals surface area contributed by atoms with Crippen molar-refractivity contribution in [3.63, 3.8) is 0 Å². The highest BCUT2D eigenvalue weighted by atomic mass is 15.1. The first-order valence-corrected chi connectivity index (χ1v) is 20.8. The van der Waals surface area contributed by atoms with Crippen LogP contribution in [0, 0.1) is 0 Å². The maximum atomic E-state index is 2.44. The molecule has 1 nitrogen and oxygen atoms in total. The SMILES string of the molecule is CC1(C)c2ccccc2-c2ccc(-c3ccc(N(c4ccc5c(c4)C(C)(C)c4cc(-c6ccc(-c7ccccc7)cc6)ccc4-5)c4ccc5ccccc5c4)cc3)cc21. The summed E-state index contributed by atoms with van der Waals surface area (Å²) in [5.41, 5.74) is 21.5. The van der Waals surface area contributed by atoms with E-state index < -0.39 is 0 Å². The zero-order valence-corrected chi connectivity index (χ0v) is 34.0. The fourth-order valence-electron chi connectivity index (χ4n) is 9.98. The summed E-state index contributed by atoms with van der Waals surface area (Å²) in [6.45, 7) is 9.47. The highest BCUT2D eigenvalue weighted by molar-refractivity contribution is 5.92. The number of fused-ring (bicyclic) bond motifs is 7. The van der Waals surface area contributed by atoms with Crippen molar-refractivity contribution in [2.45, 2.75) is 38.5 Å². The lowest BCUT2D eigenvalue weighted by Gasteiger charge is -2.28. The quantitative estimate of drug-likeness (QED) is 0.163. The van der Waals surface area contributed by atoms with Crippen LogP contribution in [0.2, 0.25) is 0 Å².